The summed E-state index contributed by atoms with van der Waals surface area (Å²) in [6.45, 7) is 1.92. The largest absolute Gasteiger partial charge is 0.503 e. The smallest absolute Gasteiger partial charge is 0.278 e. The molecule has 0 saturated carbocycles. The van der Waals surface area contributed by atoms with Crippen molar-refractivity contribution in [1.82, 2.24) is 9.97 Å². The molecule has 0 unspecified atom stereocenters. The molecular formula is C17H15N3O3. The lowest BCUT2D eigenvalue weighted by atomic mass is 10.2. The number of nitrogens with zero attached hydrogens (tertiary/aromatic N) is 2. The molecule has 2 heterocycles. The fourth-order valence-corrected chi connectivity index (χ4v) is 2.26. The average molecular weight is 309 g/mol. The summed E-state index contributed by atoms with van der Waals surface area (Å²) in [4.78, 5) is 20.6. The highest BCUT2D eigenvalue weighted by Gasteiger charge is 2.16. The van der Waals surface area contributed by atoms with E-state index in [9.17, 15) is 9.90 Å². The maximum atomic E-state index is 12.3. The molecule has 0 aliphatic carbocycles. The molecule has 23 heavy (non-hydrogen) atoms. The van der Waals surface area contributed by atoms with Crippen LogP contribution >= 0.6 is 0 Å². The zero-order valence-electron chi connectivity index (χ0n) is 12.7. The van der Waals surface area contributed by atoms with E-state index in [4.69, 9.17) is 4.74 Å². The Kier molecular flexibility index (Phi) is 3.80. The minimum absolute atomic E-state index is 0.0912. The van der Waals surface area contributed by atoms with E-state index in [-0.39, 0.29) is 17.2 Å². The van der Waals surface area contributed by atoms with Gasteiger partial charge in [-0.25, -0.2) is 4.98 Å². The van der Waals surface area contributed by atoms with Crippen LogP contribution in [0.1, 0.15) is 16.2 Å². The van der Waals surface area contributed by atoms with Gasteiger partial charge in [0.05, 0.1) is 12.6 Å². The number of aryl methyl sites for hydroxylation is 1. The third-order valence-electron chi connectivity index (χ3n) is 3.41. The molecule has 6 heteroatoms. The molecule has 0 spiro atoms. The third-order valence-corrected chi connectivity index (χ3v) is 3.41. The lowest BCUT2D eigenvalue weighted by molar-refractivity contribution is 0.101. The number of anilines is 1. The molecule has 6 nitrogen and oxygen atoms in total. The van der Waals surface area contributed by atoms with Crippen molar-refractivity contribution in [3.63, 3.8) is 0 Å². The van der Waals surface area contributed by atoms with Crippen molar-refractivity contribution >= 4 is 22.5 Å². The normalized spacial score (nSPS) is 10.5. The first-order chi connectivity index (χ1) is 11.1. The van der Waals surface area contributed by atoms with Gasteiger partial charge in [0.1, 0.15) is 0 Å². The van der Waals surface area contributed by atoms with Crippen molar-refractivity contribution in [3.8, 4) is 11.5 Å². The van der Waals surface area contributed by atoms with Crippen LogP contribution < -0.4 is 10.1 Å². The van der Waals surface area contributed by atoms with E-state index in [1.165, 1.54) is 19.4 Å². The number of aromatic hydroxyl groups is 1. The van der Waals surface area contributed by atoms with E-state index >= 15 is 0 Å². The number of ether oxygens (including phenoxy) is 1. The zero-order chi connectivity index (χ0) is 16.4. The number of hydrogen-bond acceptors (Lipinski definition) is 5. The lowest BCUT2D eigenvalue weighted by Crippen LogP contribution is -2.14. The van der Waals surface area contributed by atoms with Crippen LogP contribution in [0, 0.1) is 6.92 Å². The summed E-state index contributed by atoms with van der Waals surface area (Å²) in [7, 11) is 1.41. The number of benzene rings is 1. The van der Waals surface area contributed by atoms with Crippen LogP contribution in [-0.2, 0) is 0 Å². The zero-order valence-corrected chi connectivity index (χ0v) is 12.7. The van der Waals surface area contributed by atoms with Crippen LogP contribution in [0.25, 0.3) is 10.9 Å². The van der Waals surface area contributed by atoms with Gasteiger partial charge in [0.2, 0.25) is 0 Å². The van der Waals surface area contributed by atoms with Gasteiger partial charge < -0.3 is 15.2 Å². The summed E-state index contributed by atoms with van der Waals surface area (Å²) in [5.74, 6) is -0.602. The third kappa shape index (κ3) is 2.91. The van der Waals surface area contributed by atoms with Gasteiger partial charge in [-0.05, 0) is 31.2 Å². The van der Waals surface area contributed by atoms with Gasteiger partial charge in [0.25, 0.3) is 5.91 Å². The summed E-state index contributed by atoms with van der Waals surface area (Å²) < 4.78 is 4.98. The van der Waals surface area contributed by atoms with Crippen LogP contribution in [0.4, 0.5) is 5.69 Å². The predicted molar refractivity (Wildman–Crippen MR) is 86.9 cm³/mol. The monoisotopic (exact) mass is 309 g/mol. The van der Waals surface area contributed by atoms with Crippen molar-refractivity contribution in [1.29, 1.82) is 0 Å². The number of hydrogen-bond donors (Lipinski definition) is 2. The first kappa shape index (κ1) is 14.8. The van der Waals surface area contributed by atoms with Gasteiger partial charge in [0, 0.05) is 29.0 Å². The van der Waals surface area contributed by atoms with E-state index < -0.39 is 5.91 Å². The molecule has 116 valence electrons. The number of amides is 1. The van der Waals surface area contributed by atoms with Crippen molar-refractivity contribution in [3.05, 3.63) is 54.0 Å². The lowest BCUT2D eigenvalue weighted by Gasteiger charge is -2.09. The van der Waals surface area contributed by atoms with Crippen molar-refractivity contribution in [2.45, 2.75) is 6.92 Å². The maximum Gasteiger partial charge on any atom is 0.278 e. The number of pyridine rings is 2. The molecule has 1 aromatic carbocycles. The summed E-state index contributed by atoms with van der Waals surface area (Å²) in [5.41, 5.74) is 2.29. The molecular weight excluding hydrogens is 294 g/mol. The molecule has 0 radical (unpaired) electrons. The number of methoxy groups -OCH3 is 1. The van der Waals surface area contributed by atoms with E-state index in [1.54, 1.807) is 6.07 Å². The van der Waals surface area contributed by atoms with Crippen LogP contribution in [0.5, 0.6) is 11.5 Å². The number of nitrogens with one attached hydrogen (secondary N) is 1. The molecule has 0 aliphatic heterocycles. The highest BCUT2D eigenvalue weighted by atomic mass is 16.5. The Morgan fingerprint density at radius 3 is 2.83 bits per heavy atom. The summed E-state index contributed by atoms with van der Waals surface area (Å²) in [5, 5.41) is 13.6. The van der Waals surface area contributed by atoms with E-state index in [0.717, 1.165) is 16.6 Å². The summed E-state index contributed by atoms with van der Waals surface area (Å²) in [6, 6.07) is 10.7. The Bertz CT molecular complexity index is 893. The first-order valence-electron chi connectivity index (χ1n) is 6.99. The standard InChI is InChI=1S/C17H15N3O3/c1-10-3-4-11-9-12(5-6-13(11)19-10)20-17(22)15-16(21)14(23-2)7-8-18-15/h3-9,21H,1-2H3,(H,20,22). The van der Waals surface area contributed by atoms with Crippen LogP contribution in [-0.4, -0.2) is 28.1 Å². The Balaban J connectivity index is 1.90. The topological polar surface area (TPSA) is 84.3 Å². The number of carbonyl (C=O) groups excluding carboxylic acids is 1. The van der Waals surface area contributed by atoms with Crippen molar-refractivity contribution in [2.75, 3.05) is 12.4 Å². The predicted octanol–water partition coefficient (Wildman–Crippen LogP) is 2.90. The summed E-state index contributed by atoms with van der Waals surface area (Å²) in [6.07, 6.45) is 1.40. The second-order valence-corrected chi connectivity index (χ2v) is 5.02. The molecule has 0 saturated heterocycles. The molecule has 0 aliphatic rings. The van der Waals surface area contributed by atoms with E-state index in [2.05, 4.69) is 15.3 Å². The molecule has 3 aromatic rings. The fourth-order valence-electron chi connectivity index (χ4n) is 2.26. The molecule has 0 fully saturated rings. The van der Waals surface area contributed by atoms with Gasteiger partial charge in [-0.3, -0.25) is 9.78 Å². The second-order valence-electron chi connectivity index (χ2n) is 5.02. The maximum absolute atomic E-state index is 12.3. The average Bonchev–Trinajstić information content (AvgIpc) is 2.55. The van der Waals surface area contributed by atoms with Crippen LogP contribution in [0.15, 0.2) is 42.6 Å². The van der Waals surface area contributed by atoms with Gasteiger partial charge in [-0.15, -0.1) is 0 Å². The SMILES string of the molecule is COc1ccnc(C(=O)Nc2ccc3nc(C)ccc3c2)c1O. The Hall–Kier alpha value is -3.15. The minimum atomic E-state index is -0.513. The van der Waals surface area contributed by atoms with Crippen LogP contribution in [0.3, 0.4) is 0 Å². The molecule has 2 aromatic heterocycles. The van der Waals surface area contributed by atoms with Crippen molar-refractivity contribution < 1.29 is 14.6 Å². The number of aromatic nitrogens is 2. The molecule has 3 rings (SSSR count). The number of rotatable bonds is 3. The van der Waals surface area contributed by atoms with Crippen LogP contribution in [0.2, 0.25) is 0 Å². The summed E-state index contributed by atoms with van der Waals surface area (Å²) >= 11 is 0. The second kappa shape index (κ2) is 5.92. The first-order valence-corrected chi connectivity index (χ1v) is 6.99. The molecule has 1 amide bonds. The van der Waals surface area contributed by atoms with E-state index in [0.29, 0.717) is 5.69 Å². The van der Waals surface area contributed by atoms with E-state index in [1.807, 2.05) is 31.2 Å². The highest BCUT2D eigenvalue weighted by Crippen LogP contribution is 2.28. The van der Waals surface area contributed by atoms with Gasteiger partial charge in [0.15, 0.2) is 17.2 Å². The van der Waals surface area contributed by atoms with Crippen molar-refractivity contribution in [2.24, 2.45) is 0 Å². The minimum Gasteiger partial charge on any atom is -0.503 e. The van der Waals surface area contributed by atoms with Gasteiger partial charge in [-0.1, -0.05) is 6.07 Å². The van der Waals surface area contributed by atoms with Gasteiger partial charge >= 0.3 is 0 Å². The highest BCUT2D eigenvalue weighted by molar-refractivity contribution is 6.05. The Morgan fingerprint density at radius 1 is 1.22 bits per heavy atom. The molecule has 0 atom stereocenters. The number of fused-ring (bicyclic) bond motifs is 1. The van der Waals surface area contributed by atoms with Gasteiger partial charge in [-0.2, -0.15) is 0 Å². The number of carbonyl (C=O) groups is 1. The quantitative estimate of drug-likeness (QED) is 0.777. The fraction of sp³-hybridized carbons (Fsp3) is 0.118. The Morgan fingerprint density at radius 2 is 2.04 bits per heavy atom. The molecule has 2 N–H and O–H groups in total. The Labute approximate surface area is 132 Å². The molecule has 0 bridgehead atoms.